The fourth-order valence-corrected chi connectivity index (χ4v) is 8.66. The number of nitrogens with zero attached hydrogens (tertiary/aromatic N) is 6. The third kappa shape index (κ3) is 9.03. The number of piperidine rings is 1. The molecule has 2 aliphatic heterocycles. The van der Waals surface area contributed by atoms with E-state index in [1.54, 1.807) is 54.5 Å². The van der Waals surface area contributed by atoms with Crippen LogP contribution < -0.4 is 21.3 Å². The van der Waals surface area contributed by atoms with Gasteiger partial charge in [0.05, 0.1) is 36.1 Å². The number of H-pyrrole nitrogens is 1. The number of sulfonamides is 1. The first-order valence-corrected chi connectivity index (χ1v) is 21.3. The molecule has 3 amide bonds. The average Bonchev–Trinajstić information content (AvgIpc) is 3.89. The number of carbonyl (C=O) groups is 3. The summed E-state index contributed by atoms with van der Waals surface area (Å²) in [5, 5.41) is 27.0. The number of rotatable bonds is 18. The number of anilines is 3. The van der Waals surface area contributed by atoms with E-state index in [-0.39, 0.29) is 48.9 Å². The van der Waals surface area contributed by atoms with E-state index in [4.69, 9.17) is 4.98 Å². The molecular weight excluding hydrogens is 759 g/mol. The van der Waals surface area contributed by atoms with Crippen LogP contribution in [0.2, 0.25) is 0 Å². The van der Waals surface area contributed by atoms with Gasteiger partial charge in [0.15, 0.2) is 0 Å². The summed E-state index contributed by atoms with van der Waals surface area (Å²) in [5.74, 6) is -0.546. The van der Waals surface area contributed by atoms with E-state index in [0.29, 0.717) is 53.5 Å². The topological polar surface area (TPSA) is 220 Å². The second-order valence-electron chi connectivity index (χ2n) is 14.8. The summed E-state index contributed by atoms with van der Waals surface area (Å²) in [5.41, 5.74) is 4.28. The summed E-state index contributed by atoms with van der Waals surface area (Å²) < 4.78 is 27.9. The molecule has 3 aromatic heterocycles. The lowest BCUT2D eigenvalue weighted by molar-refractivity contribution is -0.134. The molecule has 2 saturated heterocycles. The van der Waals surface area contributed by atoms with Crippen LogP contribution >= 0.6 is 0 Å². The molecule has 1 unspecified atom stereocenters. The first-order valence-electron chi connectivity index (χ1n) is 19.7. The largest absolute Gasteiger partial charge is 0.385 e. The van der Waals surface area contributed by atoms with Gasteiger partial charge in [-0.15, -0.1) is 0 Å². The first kappa shape index (κ1) is 40.1. The minimum Gasteiger partial charge on any atom is -0.385 e. The number of hydrogen-bond donors (Lipinski definition) is 5. The number of amides is 3. The van der Waals surface area contributed by atoms with E-state index in [1.807, 2.05) is 30.3 Å². The minimum absolute atomic E-state index is 0.00358. The quantitative estimate of drug-likeness (QED) is 0.0576. The highest BCUT2D eigenvalue weighted by molar-refractivity contribution is 7.89. The molecule has 2 aromatic carbocycles. The minimum atomic E-state index is -3.38. The van der Waals surface area contributed by atoms with Crippen molar-refractivity contribution in [1.82, 2.24) is 39.7 Å². The molecule has 0 saturated carbocycles. The maximum absolute atomic E-state index is 12.9. The van der Waals surface area contributed by atoms with Crippen LogP contribution in [-0.2, 0) is 25.2 Å². The molecule has 2 aliphatic rings. The lowest BCUT2D eigenvalue weighted by Crippen LogP contribution is -2.64. The highest BCUT2D eigenvalue weighted by Gasteiger charge is 2.49. The van der Waals surface area contributed by atoms with Crippen molar-refractivity contribution in [3.63, 3.8) is 0 Å². The summed E-state index contributed by atoms with van der Waals surface area (Å²) in [6, 6.07) is 19.0. The predicted octanol–water partition coefficient (Wildman–Crippen LogP) is 5.15. The number of fused-ring (bicyclic) bond motifs is 1. The summed E-state index contributed by atoms with van der Waals surface area (Å²) >= 11 is 0. The van der Waals surface area contributed by atoms with Gasteiger partial charge in [0.1, 0.15) is 11.2 Å². The van der Waals surface area contributed by atoms with Crippen molar-refractivity contribution in [2.75, 3.05) is 42.6 Å². The Morgan fingerprint density at radius 3 is 2.53 bits per heavy atom. The molecule has 0 bridgehead atoms. The fourth-order valence-electron chi connectivity index (χ4n) is 7.42. The number of aromatic nitrogens is 5. The van der Waals surface area contributed by atoms with Crippen molar-refractivity contribution in [2.45, 2.75) is 69.7 Å². The highest BCUT2D eigenvalue weighted by atomic mass is 32.2. The molecule has 5 aromatic rings. The maximum Gasteiger partial charge on any atom is 0.251 e. The molecule has 1 atom stereocenters. The molecule has 5 N–H and O–H groups in total. The Kier molecular flexibility index (Phi) is 12.1. The van der Waals surface area contributed by atoms with Gasteiger partial charge in [0, 0.05) is 72.9 Å². The van der Waals surface area contributed by atoms with Crippen LogP contribution in [-0.4, -0.2) is 87.1 Å². The zero-order chi connectivity index (χ0) is 40.7. The van der Waals surface area contributed by atoms with Crippen LogP contribution in [0.15, 0.2) is 73.2 Å². The van der Waals surface area contributed by atoms with Gasteiger partial charge in [0.25, 0.3) is 5.91 Å². The van der Waals surface area contributed by atoms with Crippen LogP contribution in [0.4, 0.5) is 17.3 Å². The van der Waals surface area contributed by atoms with Gasteiger partial charge in [-0.2, -0.15) is 19.6 Å². The van der Waals surface area contributed by atoms with Crippen molar-refractivity contribution < 1.29 is 22.8 Å². The molecule has 302 valence electrons. The van der Waals surface area contributed by atoms with Crippen LogP contribution in [0.3, 0.4) is 0 Å². The first-order chi connectivity index (χ1) is 28.1. The monoisotopic (exact) mass is 805 g/mol. The summed E-state index contributed by atoms with van der Waals surface area (Å²) in [6.07, 6.45) is 11.2. The normalized spacial score (nSPS) is 16.7. The third-order valence-corrected chi connectivity index (χ3v) is 12.5. The Hall–Kier alpha value is -6.12. The Labute approximate surface area is 336 Å². The Morgan fingerprint density at radius 1 is 1.00 bits per heavy atom. The van der Waals surface area contributed by atoms with Crippen molar-refractivity contribution in [2.24, 2.45) is 0 Å². The van der Waals surface area contributed by atoms with Crippen LogP contribution in [0.1, 0.15) is 80.1 Å². The zero-order valence-electron chi connectivity index (χ0n) is 32.3. The standard InChI is InChI=1S/C41H47N11O5S/c1-2-58(56,57)51-26-41(27-51,18-19-42)52-25-30(24-46-52)36-34-17-22-44-37(34)50-40(49-36)47-31-13-11-28(12-14-31)38(54)45-21-7-5-3-4-6-20-43-32-10-8-9-29(23-32)33-15-16-35(53)48-39(33)55/h8-14,17,22-25,33,43H,2-7,15-16,18,20-21,26-27H2,1H3,(H,45,54)(H,48,53,55)(H2,44,47,49,50). The van der Waals surface area contributed by atoms with E-state index in [2.05, 4.69) is 42.4 Å². The lowest BCUT2D eigenvalue weighted by Gasteiger charge is -2.47. The SMILES string of the molecule is CCS(=O)(=O)N1CC(CC#N)(n2cc(-c3nc(Nc4ccc(C(=O)NCCCCCCCNc5cccc(C6CCC(=O)NC6=O)c5)cc4)nc4[nH]ccc34)cn2)C1. The number of hydrogen-bond acceptors (Lipinski definition) is 11. The summed E-state index contributed by atoms with van der Waals surface area (Å²) in [4.78, 5) is 49.1. The molecule has 2 fully saturated rings. The predicted molar refractivity (Wildman–Crippen MR) is 220 cm³/mol. The van der Waals surface area contributed by atoms with Crippen LogP contribution in [0, 0.1) is 11.3 Å². The Bertz CT molecular complexity index is 2430. The number of nitrogens with one attached hydrogen (secondary N) is 5. The molecule has 0 aliphatic carbocycles. The van der Waals surface area contributed by atoms with Crippen LogP contribution in [0.25, 0.3) is 22.3 Å². The van der Waals surface area contributed by atoms with Crippen molar-refractivity contribution in [3.05, 3.63) is 84.3 Å². The molecular formula is C41H47N11O5S. The van der Waals surface area contributed by atoms with Crippen molar-refractivity contribution >= 4 is 56.1 Å². The smallest absolute Gasteiger partial charge is 0.251 e. The van der Waals surface area contributed by atoms with Gasteiger partial charge in [-0.3, -0.25) is 24.4 Å². The van der Waals surface area contributed by atoms with E-state index < -0.39 is 15.6 Å². The summed E-state index contributed by atoms with van der Waals surface area (Å²) in [6.45, 7) is 3.36. The second-order valence-corrected chi connectivity index (χ2v) is 17.1. The van der Waals surface area contributed by atoms with E-state index in [9.17, 15) is 28.1 Å². The number of imide groups is 1. The molecule has 0 radical (unpaired) electrons. The van der Waals surface area contributed by atoms with E-state index >= 15 is 0 Å². The second kappa shape index (κ2) is 17.6. The third-order valence-electron chi connectivity index (χ3n) is 10.8. The lowest BCUT2D eigenvalue weighted by atomic mass is 9.89. The molecule has 16 nitrogen and oxygen atoms in total. The molecule has 7 rings (SSSR count). The molecule has 0 spiro atoms. The average molecular weight is 806 g/mol. The van der Waals surface area contributed by atoms with Gasteiger partial charge in [-0.1, -0.05) is 31.4 Å². The number of benzene rings is 2. The number of carbonyl (C=O) groups excluding carboxylic acids is 3. The Balaban J connectivity index is 0.853. The molecule has 58 heavy (non-hydrogen) atoms. The number of aromatic amines is 1. The van der Waals surface area contributed by atoms with E-state index in [1.165, 1.54) is 4.31 Å². The van der Waals surface area contributed by atoms with Crippen molar-refractivity contribution in [3.8, 4) is 17.3 Å². The van der Waals surface area contributed by atoms with Gasteiger partial charge in [-0.05, 0) is 74.2 Å². The molecule has 17 heteroatoms. The fraction of sp³-hybridized carbons (Fsp3) is 0.390. The van der Waals surface area contributed by atoms with Gasteiger partial charge < -0.3 is 20.9 Å². The number of unbranched alkanes of at least 4 members (excludes halogenated alkanes) is 4. The van der Waals surface area contributed by atoms with Gasteiger partial charge in [-0.25, -0.2) is 13.4 Å². The molecule has 5 heterocycles. The van der Waals surface area contributed by atoms with Crippen LogP contribution in [0.5, 0.6) is 0 Å². The van der Waals surface area contributed by atoms with Gasteiger partial charge in [0.2, 0.25) is 27.8 Å². The Morgan fingerprint density at radius 2 is 1.78 bits per heavy atom. The highest BCUT2D eigenvalue weighted by Crippen LogP contribution is 2.36. The van der Waals surface area contributed by atoms with Gasteiger partial charge >= 0.3 is 0 Å². The number of nitriles is 1. The van der Waals surface area contributed by atoms with Crippen molar-refractivity contribution in [1.29, 1.82) is 5.26 Å². The van der Waals surface area contributed by atoms with E-state index in [0.717, 1.165) is 55.3 Å². The zero-order valence-corrected chi connectivity index (χ0v) is 33.1. The summed E-state index contributed by atoms with van der Waals surface area (Å²) in [7, 11) is -3.38. The maximum atomic E-state index is 12.9.